The van der Waals surface area contributed by atoms with Crippen molar-refractivity contribution in [3.63, 3.8) is 0 Å². The van der Waals surface area contributed by atoms with Gasteiger partial charge in [-0.3, -0.25) is 0 Å². The van der Waals surface area contributed by atoms with Crippen molar-refractivity contribution >= 4 is 11.6 Å². The molecular weight excluding hydrogens is 338 g/mol. The van der Waals surface area contributed by atoms with Gasteiger partial charge in [0.25, 0.3) is 0 Å². The number of hydrogen-bond donors (Lipinski definition) is 1. The average Bonchev–Trinajstić information content (AvgIpc) is 3.36. The second-order valence-corrected chi connectivity index (χ2v) is 6.50. The third-order valence-corrected chi connectivity index (χ3v) is 4.95. The van der Waals surface area contributed by atoms with Gasteiger partial charge in [-0.1, -0.05) is 29.8 Å². The Morgan fingerprint density at radius 1 is 1.28 bits per heavy atom. The fourth-order valence-corrected chi connectivity index (χ4v) is 3.34. The lowest BCUT2D eigenvalue weighted by Gasteiger charge is -2.20. The molecule has 1 aliphatic heterocycles. The van der Waals surface area contributed by atoms with Crippen LogP contribution in [0.25, 0.3) is 5.69 Å². The number of imidazole rings is 2. The van der Waals surface area contributed by atoms with Gasteiger partial charge >= 0.3 is 0 Å². The molecule has 7 heteroatoms. The lowest BCUT2D eigenvalue weighted by Crippen LogP contribution is -2.33. The van der Waals surface area contributed by atoms with Gasteiger partial charge in [0.1, 0.15) is 22.9 Å². The summed E-state index contributed by atoms with van der Waals surface area (Å²) < 4.78 is 9.96. The number of aromatic nitrogens is 4. The molecular formula is C18H20ClN5O. The van der Waals surface area contributed by atoms with E-state index in [4.69, 9.17) is 16.3 Å². The van der Waals surface area contributed by atoms with Gasteiger partial charge < -0.3 is 19.2 Å². The van der Waals surface area contributed by atoms with Crippen LogP contribution in [-0.4, -0.2) is 31.8 Å². The Bertz CT molecular complexity index is 844. The van der Waals surface area contributed by atoms with Crippen molar-refractivity contribution < 1.29 is 4.74 Å². The molecule has 3 aromatic rings. The molecule has 0 radical (unpaired) electrons. The van der Waals surface area contributed by atoms with Gasteiger partial charge in [0.05, 0.1) is 12.7 Å². The van der Waals surface area contributed by atoms with Crippen molar-refractivity contribution in [3.05, 3.63) is 65.7 Å². The predicted molar refractivity (Wildman–Crippen MR) is 95.7 cm³/mol. The number of hydrogen-bond acceptors (Lipinski definition) is 4. The molecule has 0 spiro atoms. The largest absolute Gasteiger partial charge is 0.369 e. The quantitative estimate of drug-likeness (QED) is 0.762. The minimum absolute atomic E-state index is 0.0917. The van der Waals surface area contributed by atoms with Crippen LogP contribution in [0.5, 0.6) is 0 Å². The Labute approximate surface area is 151 Å². The van der Waals surface area contributed by atoms with Gasteiger partial charge in [0.2, 0.25) is 0 Å². The molecule has 1 aliphatic rings. The van der Waals surface area contributed by atoms with Crippen molar-refractivity contribution in [2.24, 2.45) is 7.05 Å². The zero-order valence-electron chi connectivity index (χ0n) is 14.0. The Hall–Kier alpha value is -2.15. The Morgan fingerprint density at radius 2 is 2.12 bits per heavy atom. The van der Waals surface area contributed by atoms with E-state index in [2.05, 4.69) is 32.0 Å². The minimum atomic E-state index is -0.0917. The van der Waals surface area contributed by atoms with E-state index >= 15 is 0 Å². The molecule has 1 fully saturated rings. The van der Waals surface area contributed by atoms with E-state index in [1.54, 1.807) is 6.20 Å². The summed E-state index contributed by atoms with van der Waals surface area (Å²) in [6.07, 6.45) is 6.31. The summed E-state index contributed by atoms with van der Waals surface area (Å²) in [5, 5.41) is 4.18. The molecule has 1 saturated heterocycles. The van der Waals surface area contributed by atoms with Gasteiger partial charge in [0, 0.05) is 37.8 Å². The normalized spacial score (nSPS) is 20.2. The molecule has 2 aromatic heterocycles. The maximum absolute atomic E-state index is 6.06. The molecule has 0 unspecified atom stereocenters. The summed E-state index contributed by atoms with van der Waals surface area (Å²) in [6, 6.07) is 10.4. The molecule has 130 valence electrons. The van der Waals surface area contributed by atoms with E-state index in [9.17, 15) is 0 Å². The van der Waals surface area contributed by atoms with E-state index in [0.29, 0.717) is 18.3 Å². The van der Waals surface area contributed by atoms with Crippen LogP contribution in [0.15, 0.2) is 48.9 Å². The van der Waals surface area contributed by atoms with Crippen LogP contribution < -0.4 is 5.32 Å². The first-order chi connectivity index (χ1) is 12.2. The summed E-state index contributed by atoms with van der Waals surface area (Å²) in [7, 11) is 1.91. The predicted octanol–water partition coefficient (Wildman–Crippen LogP) is 2.88. The Morgan fingerprint density at radius 3 is 2.88 bits per heavy atom. The fourth-order valence-electron chi connectivity index (χ4n) is 3.20. The number of nitrogens with zero attached hydrogens (tertiary/aromatic N) is 4. The summed E-state index contributed by atoms with van der Waals surface area (Å²) in [5.74, 6) is 1.82. The third-order valence-electron chi connectivity index (χ3n) is 4.60. The molecule has 0 saturated carbocycles. The van der Waals surface area contributed by atoms with Gasteiger partial charge in [-0.15, -0.1) is 0 Å². The number of rotatable bonds is 5. The Kier molecular flexibility index (Phi) is 4.57. The average molecular weight is 358 g/mol. The highest BCUT2D eigenvalue weighted by Gasteiger charge is 2.33. The van der Waals surface area contributed by atoms with Crippen molar-refractivity contribution in [2.75, 3.05) is 6.61 Å². The molecule has 6 nitrogen and oxygen atoms in total. The molecule has 0 bridgehead atoms. The van der Waals surface area contributed by atoms with Crippen LogP contribution in [0.1, 0.15) is 24.2 Å². The van der Waals surface area contributed by atoms with Crippen LogP contribution >= 0.6 is 11.6 Å². The summed E-state index contributed by atoms with van der Waals surface area (Å²) in [6.45, 7) is 1.35. The number of halogens is 1. The zero-order valence-corrected chi connectivity index (χ0v) is 14.7. The van der Waals surface area contributed by atoms with Crippen LogP contribution in [0.2, 0.25) is 5.15 Å². The third kappa shape index (κ3) is 3.20. The van der Waals surface area contributed by atoms with Gasteiger partial charge in [-0.2, -0.15) is 0 Å². The number of benzene rings is 1. The highest BCUT2D eigenvalue weighted by molar-refractivity contribution is 6.29. The van der Waals surface area contributed by atoms with Crippen molar-refractivity contribution in [1.29, 1.82) is 0 Å². The number of nitrogens with one attached hydrogen (secondary N) is 1. The van der Waals surface area contributed by atoms with Crippen LogP contribution in [0.3, 0.4) is 0 Å². The molecule has 25 heavy (non-hydrogen) atoms. The number of para-hydroxylation sites is 1. The van der Waals surface area contributed by atoms with Crippen LogP contribution in [-0.2, 0) is 18.3 Å². The maximum Gasteiger partial charge on any atom is 0.144 e. The van der Waals surface area contributed by atoms with Crippen molar-refractivity contribution in [2.45, 2.75) is 25.1 Å². The highest BCUT2D eigenvalue weighted by Crippen LogP contribution is 2.30. The molecule has 1 aromatic carbocycles. The standard InChI is InChI=1S/C18H20ClN5O/c1-23-15(19)11-22-16(23)12-21-14-7-10-25-17(14)18-20-8-9-24(18)13-5-3-2-4-6-13/h2-6,8-9,11,14,17,21H,7,10,12H2,1H3/t14-,17-/m0/s1. The number of ether oxygens (including phenoxy) is 1. The second kappa shape index (κ2) is 7.00. The van der Waals surface area contributed by atoms with Gasteiger partial charge in [-0.05, 0) is 18.6 Å². The molecule has 4 rings (SSSR count). The molecule has 1 N–H and O–H groups in total. The van der Waals surface area contributed by atoms with Crippen LogP contribution in [0.4, 0.5) is 0 Å². The Balaban J connectivity index is 1.53. The minimum Gasteiger partial charge on any atom is -0.369 e. The maximum atomic E-state index is 6.06. The van der Waals surface area contributed by atoms with Crippen LogP contribution in [0, 0.1) is 0 Å². The van der Waals surface area contributed by atoms with Gasteiger partial charge in [0.15, 0.2) is 0 Å². The van der Waals surface area contributed by atoms with Crippen molar-refractivity contribution in [3.8, 4) is 5.69 Å². The summed E-state index contributed by atoms with van der Waals surface area (Å²) in [4.78, 5) is 8.89. The van der Waals surface area contributed by atoms with Crippen molar-refractivity contribution in [1.82, 2.24) is 24.4 Å². The highest BCUT2D eigenvalue weighted by atomic mass is 35.5. The lowest BCUT2D eigenvalue weighted by molar-refractivity contribution is 0.0902. The second-order valence-electron chi connectivity index (χ2n) is 6.11. The van der Waals surface area contributed by atoms with E-state index < -0.39 is 0 Å². The molecule has 0 aliphatic carbocycles. The monoisotopic (exact) mass is 357 g/mol. The molecule has 3 heterocycles. The first kappa shape index (κ1) is 16.3. The fraction of sp³-hybridized carbons (Fsp3) is 0.333. The van der Waals surface area contributed by atoms with E-state index in [0.717, 1.165) is 23.8 Å². The SMILES string of the molecule is Cn1c(Cl)cnc1CN[C@H]1CCO[C@@H]1c1nccn1-c1ccccc1. The van der Waals surface area contributed by atoms with E-state index in [1.807, 2.05) is 42.2 Å². The molecule has 2 atom stereocenters. The topological polar surface area (TPSA) is 56.9 Å². The summed E-state index contributed by atoms with van der Waals surface area (Å²) >= 11 is 6.06. The smallest absolute Gasteiger partial charge is 0.144 e. The first-order valence-electron chi connectivity index (χ1n) is 8.34. The summed E-state index contributed by atoms with van der Waals surface area (Å²) in [5.41, 5.74) is 1.08. The zero-order chi connectivity index (χ0) is 17.2. The van der Waals surface area contributed by atoms with E-state index in [-0.39, 0.29) is 12.1 Å². The van der Waals surface area contributed by atoms with Gasteiger partial charge in [-0.25, -0.2) is 9.97 Å². The lowest BCUT2D eigenvalue weighted by atomic mass is 10.1. The molecule has 0 amide bonds. The van der Waals surface area contributed by atoms with E-state index in [1.165, 1.54) is 0 Å². The first-order valence-corrected chi connectivity index (χ1v) is 8.71.